The zero-order valence-corrected chi connectivity index (χ0v) is 12.4. The van der Waals surface area contributed by atoms with E-state index in [4.69, 9.17) is 22.6 Å². The Labute approximate surface area is 126 Å². The van der Waals surface area contributed by atoms with Crippen LogP contribution >= 0.6 is 11.8 Å². The number of thioether (sulfide) groups is 1. The molecule has 0 amide bonds. The molecule has 0 radical (unpaired) electrons. The highest BCUT2D eigenvalue weighted by Crippen LogP contribution is 2.24. The molecule has 1 aromatic heterocycles. The van der Waals surface area contributed by atoms with Gasteiger partial charge in [0.2, 0.25) is 5.95 Å². The number of nitrogens with one attached hydrogen (secondary N) is 2. The van der Waals surface area contributed by atoms with Gasteiger partial charge in [0.15, 0.2) is 0 Å². The van der Waals surface area contributed by atoms with E-state index in [2.05, 4.69) is 20.3 Å². The average molecular weight is 306 g/mol. The van der Waals surface area contributed by atoms with Crippen molar-refractivity contribution in [1.82, 2.24) is 9.97 Å². The fourth-order valence-corrected chi connectivity index (χ4v) is 1.96. The molecular weight excluding hydrogens is 288 g/mol. The van der Waals surface area contributed by atoms with E-state index in [1.54, 1.807) is 12.5 Å². The Morgan fingerprint density at radius 3 is 2.48 bits per heavy atom. The van der Waals surface area contributed by atoms with Gasteiger partial charge < -0.3 is 22.5 Å². The highest BCUT2D eigenvalue weighted by atomic mass is 32.2. The number of anilines is 3. The Balaban J connectivity index is 2.18. The third-order valence-electron chi connectivity index (χ3n) is 2.80. The molecule has 0 spiro atoms. The third-order valence-corrected chi connectivity index (χ3v) is 3.42. The van der Waals surface area contributed by atoms with Crippen LogP contribution in [0.1, 0.15) is 18.4 Å². The Morgan fingerprint density at radius 2 is 2.00 bits per heavy atom. The van der Waals surface area contributed by atoms with Gasteiger partial charge in [0.25, 0.3) is 0 Å². The SMILES string of the molecule is CSC(=N)c1c(N)nc(NC(C=NC2CC2)=CN)nc1N. The maximum atomic E-state index is 7.78. The van der Waals surface area contributed by atoms with Crippen LogP contribution in [0.2, 0.25) is 0 Å². The lowest BCUT2D eigenvalue weighted by molar-refractivity contribution is 1.07. The number of nitrogens with zero attached hydrogens (tertiary/aromatic N) is 3. The zero-order chi connectivity index (χ0) is 15.4. The second-order valence-corrected chi connectivity index (χ2v) is 5.30. The van der Waals surface area contributed by atoms with Gasteiger partial charge in [0.05, 0.1) is 17.3 Å². The summed E-state index contributed by atoms with van der Waals surface area (Å²) in [5.41, 5.74) is 18.1. The Bertz CT molecular complexity index is 582. The first-order chi connectivity index (χ1) is 10.0. The summed E-state index contributed by atoms with van der Waals surface area (Å²) in [6, 6.07) is 0.391. The van der Waals surface area contributed by atoms with Gasteiger partial charge in [-0.3, -0.25) is 10.4 Å². The van der Waals surface area contributed by atoms with Crippen LogP contribution < -0.4 is 22.5 Å². The fourth-order valence-electron chi connectivity index (χ4n) is 1.54. The van der Waals surface area contributed by atoms with E-state index < -0.39 is 0 Å². The first kappa shape index (κ1) is 15.1. The standard InChI is InChI=1S/C12H18N8S/c1-21-11(16)8-9(14)19-12(20-10(8)15)18-7(4-13)5-17-6-2-3-6/h4-6,16H,2-3,13H2,1H3,(H5,14,15,18,19,20). The first-order valence-corrected chi connectivity index (χ1v) is 7.55. The predicted octanol–water partition coefficient (Wildman–Crippen LogP) is 0.775. The number of nitrogen functional groups attached to an aromatic ring is 2. The van der Waals surface area contributed by atoms with E-state index in [0.29, 0.717) is 17.3 Å². The maximum Gasteiger partial charge on any atom is 0.231 e. The predicted molar refractivity (Wildman–Crippen MR) is 88.6 cm³/mol. The van der Waals surface area contributed by atoms with Gasteiger partial charge in [-0.05, 0) is 19.1 Å². The molecule has 8 nitrogen and oxygen atoms in total. The van der Waals surface area contributed by atoms with Crippen molar-refractivity contribution in [3.8, 4) is 0 Å². The Hall–Kier alpha value is -2.29. The smallest absolute Gasteiger partial charge is 0.231 e. The quantitative estimate of drug-likeness (QED) is 0.398. The van der Waals surface area contributed by atoms with Crippen molar-refractivity contribution < 1.29 is 0 Å². The molecule has 2 rings (SSSR count). The summed E-state index contributed by atoms with van der Waals surface area (Å²) in [6.45, 7) is 0. The van der Waals surface area contributed by atoms with Crippen LogP contribution in [0, 0.1) is 5.41 Å². The minimum atomic E-state index is 0.153. The zero-order valence-electron chi connectivity index (χ0n) is 11.6. The molecule has 1 fully saturated rings. The molecule has 112 valence electrons. The summed E-state index contributed by atoms with van der Waals surface area (Å²) >= 11 is 1.22. The van der Waals surface area contributed by atoms with Crippen molar-refractivity contribution in [2.45, 2.75) is 18.9 Å². The highest BCUT2D eigenvalue weighted by molar-refractivity contribution is 8.13. The molecule has 0 aromatic carbocycles. The van der Waals surface area contributed by atoms with Crippen LogP contribution in [0.5, 0.6) is 0 Å². The molecule has 0 aliphatic heterocycles. The van der Waals surface area contributed by atoms with Gasteiger partial charge in [-0.15, -0.1) is 11.8 Å². The van der Waals surface area contributed by atoms with Crippen molar-refractivity contribution in [2.75, 3.05) is 23.0 Å². The molecular formula is C12H18N8S. The molecule has 0 saturated heterocycles. The molecule has 1 aromatic rings. The minimum absolute atomic E-state index is 0.153. The Morgan fingerprint density at radius 1 is 1.38 bits per heavy atom. The lowest BCUT2D eigenvalue weighted by atomic mass is 10.3. The fraction of sp³-hybridized carbons (Fsp3) is 0.333. The van der Waals surface area contributed by atoms with Crippen LogP contribution in [0.25, 0.3) is 0 Å². The van der Waals surface area contributed by atoms with Crippen LogP contribution in [0.15, 0.2) is 16.9 Å². The van der Waals surface area contributed by atoms with Gasteiger partial charge in [0, 0.05) is 12.4 Å². The second kappa shape index (κ2) is 6.44. The molecule has 0 unspecified atom stereocenters. The maximum absolute atomic E-state index is 7.78. The van der Waals surface area contributed by atoms with E-state index in [0.717, 1.165) is 12.8 Å². The number of rotatable bonds is 5. The number of hydrogen-bond donors (Lipinski definition) is 5. The summed E-state index contributed by atoms with van der Waals surface area (Å²) in [5, 5.41) is 10.9. The number of nitrogens with two attached hydrogens (primary N) is 3. The van der Waals surface area contributed by atoms with E-state index in [1.807, 2.05) is 0 Å². The van der Waals surface area contributed by atoms with Crippen LogP contribution in [0.4, 0.5) is 17.6 Å². The Kier molecular flexibility index (Phi) is 4.63. The van der Waals surface area contributed by atoms with Crippen molar-refractivity contribution >= 4 is 40.6 Å². The molecule has 1 aliphatic carbocycles. The summed E-state index contributed by atoms with van der Waals surface area (Å²) in [6.07, 6.45) is 6.99. The molecule has 8 N–H and O–H groups in total. The van der Waals surface area contributed by atoms with Crippen LogP contribution in [0.3, 0.4) is 0 Å². The summed E-state index contributed by atoms with van der Waals surface area (Å²) in [4.78, 5) is 12.5. The largest absolute Gasteiger partial charge is 0.403 e. The highest BCUT2D eigenvalue weighted by Gasteiger charge is 2.19. The summed E-state index contributed by atoms with van der Waals surface area (Å²) in [5.74, 6) is 0.529. The van der Waals surface area contributed by atoms with Gasteiger partial charge in [-0.1, -0.05) is 0 Å². The van der Waals surface area contributed by atoms with Gasteiger partial charge in [0.1, 0.15) is 16.7 Å². The number of hydrogen-bond acceptors (Lipinski definition) is 9. The number of allylic oxidation sites excluding steroid dienone is 1. The van der Waals surface area contributed by atoms with Gasteiger partial charge >= 0.3 is 0 Å². The van der Waals surface area contributed by atoms with E-state index in [1.165, 1.54) is 18.0 Å². The molecule has 1 heterocycles. The molecule has 0 atom stereocenters. The lowest BCUT2D eigenvalue weighted by Crippen LogP contribution is -2.14. The molecule has 1 aliphatic rings. The summed E-state index contributed by atoms with van der Waals surface area (Å²) < 4.78 is 0. The molecule has 21 heavy (non-hydrogen) atoms. The number of aliphatic imine (C=N–C) groups is 1. The van der Waals surface area contributed by atoms with Gasteiger partial charge in [-0.2, -0.15) is 9.97 Å². The van der Waals surface area contributed by atoms with Crippen molar-refractivity contribution in [3.05, 3.63) is 17.5 Å². The van der Waals surface area contributed by atoms with E-state index >= 15 is 0 Å². The summed E-state index contributed by atoms with van der Waals surface area (Å²) in [7, 11) is 0. The van der Waals surface area contributed by atoms with Crippen LogP contribution in [-0.4, -0.2) is 33.5 Å². The average Bonchev–Trinajstić information content (AvgIpc) is 3.26. The topological polar surface area (TPSA) is 152 Å². The molecule has 0 bridgehead atoms. The third kappa shape index (κ3) is 3.85. The molecule has 1 saturated carbocycles. The van der Waals surface area contributed by atoms with E-state index in [9.17, 15) is 0 Å². The van der Waals surface area contributed by atoms with Crippen molar-refractivity contribution in [2.24, 2.45) is 10.7 Å². The number of aromatic nitrogens is 2. The minimum Gasteiger partial charge on any atom is -0.403 e. The van der Waals surface area contributed by atoms with Crippen molar-refractivity contribution in [1.29, 1.82) is 5.41 Å². The van der Waals surface area contributed by atoms with E-state index in [-0.39, 0.29) is 22.6 Å². The molecule has 9 heteroatoms. The van der Waals surface area contributed by atoms with Crippen molar-refractivity contribution in [3.63, 3.8) is 0 Å². The monoisotopic (exact) mass is 306 g/mol. The van der Waals surface area contributed by atoms with Crippen LogP contribution in [-0.2, 0) is 0 Å². The first-order valence-electron chi connectivity index (χ1n) is 6.33. The second-order valence-electron chi connectivity index (χ2n) is 4.48. The lowest BCUT2D eigenvalue weighted by Gasteiger charge is -2.11. The van der Waals surface area contributed by atoms with Gasteiger partial charge in [-0.25, -0.2) is 0 Å². The normalized spacial score (nSPS) is 15.4.